The number of hydrogen-bond donors (Lipinski definition) is 0. The van der Waals surface area contributed by atoms with Crippen molar-refractivity contribution in [1.82, 2.24) is 0 Å². The van der Waals surface area contributed by atoms with E-state index in [1.54, 1.807) is 0 Å². The molecule has 0 aromatic rings. The van der Waals surface area contributed by atoms with Crippen LogP contribution in [-0.2, 0) is 23.7 Å². The number of halogens is 6. The van der Waals surface area contributed by atoms with Gasteiger partial charge in [-0.3, -0.25) is 0 Å². The van der Waals surface area contributed by atoms with Crippen LogP contribution in [0.15, 0.2) is 0 Å². The predicted molar refractivity (Wildman–Crippen MR) is 235 cm³/mol. The fraction of sp³-hybridized carbons (Fsp3) is 0.980. The number of unbranched alkanes of at least 4 members (excludes halogenated alkanes) is 29. The Bertz CT molecular complexity index is 940. The summed E-state index contributed by atoms with van der Waals surface area (Å²) >= 11 is 0. The van der Waals surface area contributed by atoms with Crippen LogP contribution in [0.25, 0.3) is 0 Å². The fourth-order valence-electron chi connectivity index (χ4n) is 8.76. The Hall–Kier alpha value is -1.07. The van der Waals surface area contributed by atoms with Crippen LogP contribution >= 0.6 is 0 Å². The number of esters is 1. The van der Waals surface area contributed by atoms with Crippen LogP contribution in [0.4, 0.5) is 26.3 Å². The van der Waals surface area contributed by atoms with Gasteiger partial charge in [-0.15, -0.1) is 0 Å². The van der Waals surface area contributed by atoms with Gasteiger partial charge in [-0.25, -0.2) is 4.79 Å². The van der Waals surface area contributed by atoms with E-state index in [-0.39, 0.29) is 18.6 Å². The van der Waals surface area contributed by atoms with Gasteiger partial charge in [-0.2, -0.15) is 26.3 Å². The molecule has 0 rings (SSSR count). The third kappa shape index (κ3) is 33.5. The zero-order valence-corrected chi connectivity index (χ0v) is 39.1. The van der Waals surface area contributed by atoms with Gasteiger partial charge in [-0.05, 0) is 52.9 Å². The summed E-state index contributed by atoms with van der Waals surface area (Å²) in [4.78, 5) is 10.7. The van der Waals surface area contributed by atoms with Gasteiger partial charge in [0.1, 0.15) is 6.61 Å². The van der Waals surface area contributed by atoms with E-state index in [9.17, 15) is 31.1 Å². The zero-order chi connectivity index (χ0) is 44.7. The maximum Gasteiger partial charge on any atom is 0.490 e. The number of ether oxygens (including phenoxy) is 4. The van der Waals surface area contributed by atoms with E-state index in [0.29, 0.717) is 26.1 Å². The van der Waals surface area contributed by atoms with E-state index < -0.39 is 30.7 Å². The monoisotopic (exact) mass is 875 g/mol. The first-order valence-corrected chi connectivity index (χ1v) is 24.9. The molecule has 0 aromatic carbocycles. The van der Waals surface area contributed by atoms with E-state index in [1.165, 1.54) is 148 Å². The SMILES string of the molecule is CCCCCCCCC(CCCCCCCCCCCCCCCOCC(F)(F)F)(CCCCCCCCCCCCCCCOC(=O)C(F)(F)F)C(C)(OCC)OCC. The summed E-state index contributed by atoms with van der Waals surface area (Å²) in [5, 5.41) is 0. The third-order valence-electron chi connectivity index (χ3n) is 12.3. The van der Waals surface area contributed by atoms with Gasteiger partial charge < -0.3 is 18.9 Å². The molecule has 1 atom stereocenters. The van der Waals surface area contributed by atoms with Gasteiger partial charge in [-0.1, -0.05) is 200 Å². The van der Waals surface area contributed by atoms with E-state index in [1.807, 2.05) is 0 Å². The van der Waals surface area contributed by atoms with Crippen molar-refractivity contribution in [3.8, 4) is 0 Å². The van der Waals surface area contributed by atoms with E-state index in [2.05, 4.69) is 37.2 Å². The zero-order valence-electron chi connectivity index (χ0n) is 39.1. The molecular weight excluding hydrogens is 783 g/mol. The van der Waals surface area contributed by atoms with Crippen LogP contribution in [0.1, 0.15) is 252 Å². The molecule has 11 heteroatoms. The van der Waals surface area contributed by atoms with Crippen molar-refractivity contribution in [1.29, 1.82) is 0 Å². The van der Waals surface area contributed by atoms with Crippen LogP contribution in [0.2, 0.25) is 0 Å². The van der Waals surface area contributed by atoms with Crippen molar-refractivity contribution in [2.75, 3.05) is 33.0 Å². The third-order valence-corrected chi connectivity index (χ3v) is 12.3. The number of rotatable bonds is 45. The van der Waals surface area contributed by atoms with Crippen molar-refractivity contribution in [2.24, 2.45) is 5.41 Å². The Morgan fingerprint density at radius 1 is 0.417 bits per heavy atom. The molecular formula is C49H92F6O5. The maximum atomic E-state index is 12.2. The second-order valence-corrected chi connectivity index (χ2v) is 17.6. The summed E-state index contributed by atoms with van der Waals surface area (Å²) in [5.74, 6) is -2.68. The smallest absolute Gasteiger partial charge is 0.459 e. The van der Waals surface area contributed by atoms with E-state index in [0.717, 1.165) is 64.2 Å². The van der Waals surface area contributed by atoms with Crippen LogP contribution in [0.5, 0.6) is 0 Å². The van der Waals surface area contributed by atoms with Crippen molar-refractivity contribution in [2.45, 2.75) is 271 Å². The topological polar surface area (TPSA) is 54.0 Å². The lowest BCUT2D eigenvalue weighted by molar-refractivity contribution is -0.293. The quantitative estimate of drug-likeness (QED) is 0.0264. The predicted octanol–water partition coefficient (Wildman–Crippen LogP) is 17.1. The van der Waals surface area contributed by atoms with Gasteiger partial charge in [0.15, 0.2) is 5.79 Å². The average Bonchev–Trinajstić information content (AvgIpc) is 3.19. The Morgan fingerprint density at radius 2 is 0.717 bits per heavy atom. The molecule has 0 aromatic heterocycles. The molecule has 60 heavy (non-hydrogen) atoms. The highest BCUT2D eigenvalue weighted by molar-refractivity contribution is 5.75. The number of carbonyl (C=O) groups is 1. The Balaban J connectivity index is 4.63. The number of hydrogen-bond acceptors (Lipinski definition) is 5. The highest BCUT2D eigenvalue weighted by Gasteiger charge is 2.48. The van der Waals surface area contributed by atoms with Gasteiger partial charge in [0.25, 0.3) is 0 Å². The molecule has 1 unspecified atom stereocenters. The van der Waals surface area contributed by atoms with E-state index in [4.69, 9.17) is 9.47 Å². The second-order valence-electron chi connectivity index (χ2n) is 17.6. The van der Waals surface area contributed by atoms with Crippen molar-refractivity contribution in [3.05, 3.63) is 0 Å². The molecule has 360 valence electrons. The second kappa shape index (κ2) is 38.4. The molecule has 0 aliphatic heterocycles. The molecule has 0 bridgehead atoms. The molecule has 0 spiro atoms. The van der Waals surface area contributed by atoms with E-state index >= 15 is 0 Å². The summed E-state index contributed by atoms with van der Waals surface area (Å²) in [6.45, 7) is 8.91. The average molecular weight is 875 g/mol. The first-order valence-electron chi connectivity index (χ1n) is 24.9. The molecule has 0 saturated heterocycles. The Labute approximate surface area is 364 Å². The van der Waals surface area contributed by atoms with Crippen molar-refractivity contribution in [3.63, 3.8) is 0 Å². The Morgan fingerprint density at radius 3 is 1.02 bits per heavy atom. The highest BCUT2D eigenvalue weighted by atomic mass is 19.4. The lowest BCUT2D eigenvalue weighted by Crippen LogP contribution is -2.50. The molecule has 0 amide bonds. The van der Waals surface area contributed by atoms with Crippen LogP contribution < -0.4 is 0 Å². The summed E-state index contributed by atoms with van der Waals surface area (Å²) in [7, 11) is 0. The van der Waals surface area contributed by atoms with Crippen LogP contribution in [0.3, 0.4) is 0 Å². The lowest BCUT2D eigenvalue weighted by Gasteiger charge is -2.49. The van der Waals surface area contributed by atoms with Gasteiger partial charge in [0.2, 0.25) is 0 Å². The van der Waals surface area contributed by atoms with Crippen molar-refractivity contribution < 1.29 is 50.1 Å². The molecule has 0 fully saturated rings. The number of alkyl halides is 6. The molecule has 0 radical (unpaired) electrons. The minimum Gasteiger partial charge on any atom is -0.459 e. The molecule has 5 nitrogen and oxygen atoms in total. The maximum absolute atomic E-state index is 12.2. The molecule has 0 N–H and O–H groups in total. The van der Waals surface area contributed by atoms with Gasteiger partial charge >= 0.3 is 18.3 Å². The molecule has 0 aliphatic rings. The van der Waals surface area contributed by atoms with Crippen LogP contribution in [0, 0.1) is 5.41 Å². The van der Waals surface area contributed by atoms with Gasteiger partial charge in [0, 0.05) is 25.2 Å². The Kier molecular flexibility index (Phi) is 37.7. The fourth-order valence-corrected chi connectivity index (χ4v) is 8.76. The highest BCUT2D eigenvalue weighted by Crippen LogP contribution is 2.49. The first kappa shape index (κ1) is 58.9. The molecule has 0 heterocycles. The minimum absolute atomic E-state index is 0.00732. The molecule has 0 saturated carbocycles. The minimum atomic E-state index is -4.90. The van der Waals surface area contributed by atoms with Crippen molar-refractivity contribution >= 4 is 5.97 Å². The summed E-state index contributed by atoms with van der Waals surface area (Å²) < 4.78 is 95.1. The lowest BCUT2D eigenvalue weighted by atomic mass is 9.68. The van der Waals surface area contributed by atoms with Crippen LogP contribution in [-0.4, -0.2) is 57.1 Å². The largest absolute Gasteiger partial charge is 0.490 e. The standard InChI is InChI=1S/C49H92F6O5/c1-5-8-9-10-29-34-39-47(46(4,59-6-2)60-7-3,40-35-30-25-21-17-13-11-15-19-23-27-32-37-42-57-44-48(50,51)52)41-36-31-26-22-18-14-12-16-20-24-28-33-38-43-58-45(56)49(53,54)55/h5-44H2,1-4H3. The first-order chi connectivity index (χ1) is 28.8. The number of carbonyl (C=O) groups excluding carboxylic acids is 1. The van der Waals surface area contributed by atoms with Gasteiger partial charge in [0.05, 0.1) is 6.61 Å². The summed E-state index contributed by atoms with van der Waals surface area (Å²) in [6, 6.07) is 0. The molecule has 0 aliphatic carbocycles. The summed E-state index contributed by atoms with van der Waals surface area (Å²) in [6.07, 6.45) is 31.6. The normalized spacial score (nSPS) is 13.6. The summed E-state index contributed by atoms with van der Waals surface area (Å²) in [5.41, 5.74) is 0.00732.